The van der Waals surface area contributed by atoms with E-state index in [-0.39, 0.29) is 18.2 Å². The fourth-order valence-electron chi connectivity index (χ4n) is 4.67. The van der Waals surface area contributed by atoms with Crippen LogP contribution in [0.15, 0.2) is 24.4 Å². The molecule has 2 aliphatic rings. The highest BCUT2D eigenvalue weighted by molar-refractivity contribution is 5.94. The maximum absolute atomic E-state index is 12.9. The number of aliphatic carboxylic acids is 1. The van der Waals surface area contributed by atoms with Crippen molar-refractivity contribution in [3.8, 4) is 5.75 Å². The average Bonchev–Trinajstić information content (AvgIpc) is 3.27. The Morgan fingerprint density at radius 2 is 2.20 bits per heavy atom. The molecule has 2 fully saturated rings. The summed E-state index contributed by atoms with van der Waals surface area (Å²) in [6.45, 7) is 0.569. The van der Waals surface area contributed by atoms with Gasteiger partial charge in [0.15, 0.2) is 0 Å². The molecule has 2 aromatic rings. The number of aromatic amines is 1. The summed E-state index contributed by atoms with van der Waals surface area (Å²) in [4.78, 5) is 29.4. The van der Waals surface area contributed by atoms with Crippen LogP contribution in [0.5, 0.6) is 5.75 Å². The van der Waals surface area contributed by atoms with Gasteiger partial charge in [0.05, 0.1) is 13.5 Å². The minimum atomic E-state index is -0.876. The number of methoxy groups -OCH3 is 1. The number of likely N-dealkylation sites (tertiary alicyclic amines) is 1. The van der Waals surface area contributed by atoms with Crippen molar-refractivity contribution >= 4 is 22.8 Å². The molecule has 2 N–H and O–H groups in total. The van der Waals surface area contributed by atoms with E-state index < -0.39 is 12.0 Å². The molecule has 1 aliphatic carbocycles. The molecule has 0 radical (unpaired) electrons. The third-order valence-corrected chi connectivity index (χ3v) is 5.77. The van der Waals surface area contributed by atoms with Gasteiger partial charge in [-0.1, -0.05) is 12.5 Å². The third kappa shape index (κ3) is 2.56. The Kier molecular flexibility index (Phi) is 3.90. The second kappa shape index (κ2) is 6.10. The number of H-pyrrole nitrogens is 1. The summed E-state index contributed by atoms with van der Waals surface area (Å²) < 4.78 is 5.41. The molecule has 4 rings (SSSR count). The van der Waals surface area contributed by atoms with E-state index in [2.05, 4.69) is 4.98 Å². The van der Waals surface area contributed by atoms with Gasteiger partial charge in [-0.15, -0.1) is 0 Å². The normalized spacial score (nSPS) is 25.3. The van der Waals surface area contributed by atoms with Crippen molar-refractivity contribution in [1.82, 2.24) is 9.88 Å². The van der Waals surface area contributed by atoms with Crippen LogP contribution in [0.25, 0.3) is 10.9 Å². The molecule has 3 atom stereocenters. The summed E-state index contributed by atoms with van der Waals surface area (Å²) in [5.74, 6) is 0.170. The number of ether oxygens (including phenoxy) is 1. The monoisotopic (exact) mass is 342 g/mol. The summed E-state index contributed by atoms with van der Waals surface area (Å²) in [6, 6.07) is 5.02. The number of amides is 1. The second-order valence-electron chi connectivity index (χ2n) is 7.06. The number of benzene rings is 1. The van der Waals surface area contributed by atoms with E-state index in [4.69, 9.17) is 4.74 Å². The predicted molar refractivity (Wildman–Crippen MR) is 92.5 cm³/mol. The van der Waals surface area contributed by atoms with Crippen LogP contribution in [0.4, 0.5) is 0 Å². The topological polar surface area (TPSA) is 82.6 Å². The molecule has 1 aliphatic heterocycles. The average molecular weight is 342 g/mol. The lowest BCUT2D eigenvalue weighted by Gasteiger charge is -2.24. The molecule has 132 valence electrons. The molecular formula is C19H22N2O4. The molecule has 6 heteroatoms. The number of carboxylic acid groups (broad SMARTS) is 1. The summed E-state index contributed by atoms with van der Waals surface area (Å²) in [6.07, 6.45) is 5.01. The van der Waals surface area contributed by atoms with Crippen LogP contribution < -0.4 is 4.74 Å². The number of carbonyl (C=O) groups is 2. The lowest BCUT2D eigenvalue weighted by atomic mass is 9.94. The van der Waals surface area contributed by atoms with E-state index in [1.54, 1.807) is 12.0 Å². The van der Waals surface area contributed by atoms with Crippen LogP contribution in [0, 0.1) is 11.8 Å². The highest BCUT2D eigenvalue weighted by Gasteiger charge is 2.49. The zero-order valence-electron chi connectivity index (χ0n) is 14.2. The summed E-state index contributed by atoms with van der Waals surface area (Å²) >= 11 is 0. The molecule has 1 amide bonds. The summed E-state index contributed by atoms with van der Waals surface area (Å²) in [5.41, 5.74) is 1.76. The predicted octanol–water partition coefficient (Wildman–Crippen LogP) is 2.43. The fourth-order valence-corrected chi connectivity index (χ4v) is 4.67. The van der Waals surface area contributed by atoms with Crippen LogP contribution in [0.3, 0.4) is 0 Å². The van der Waals surface area contributed by atoms with Gasteiger partial charge in [0.25, 0.3) is 0 Å². The molecule has 1 saturated carbocycles. The summed E-state index contributed by atoms with van der Waals surface area (Å²) in [5, 5.41) is 10.5. The van der Waals surface area contributed by atoms with Crippen LogP contribution in [0.1, 0.15) is 24.8 Å². The van der Waals surface area contributed by atoms with Gasteiger partial charge in [-0.3, -0.25) is 4.79 Å². The van der Waals surface area contributed by atoms with Crippen molar-refractivity contribution in [3.63, 3.8) is 0 Å². The van der Waals surface area contributed by atoms with Crippen molar-refractivity contribution in [2.45, 2.75) is 31.7 Å². The highest BCUT2D eigenvalue weighted by atomic mass is 16.5. The Morgan fingerprint density at radius 3 is 2.96 bits per heavy atom. The molecule has 1 aromatic carbocycles. The Balaban J connectivity index is 1.61. The maximum Gasteiger partial charge on any atom is 0.326 e. The van der Waals surface area contributed by atoms with Crippen molar-refractivity contribution < 1.29 is 19.4 Å². The van der Waals surface area contributed by atoms with Gasteiger partial charge < -0.3 is 19.7 Å². The van der Waals surface area contributed by atoms with Gasteiger partial charge >= 0.3 is 5.97 Å². The Bertz CT molecular complexity index is 828. The van der Waals surface area contributed by atoms with E-state index in [9.17, 15) is 14.7 Å². The zero-order valence-corrected chi connectivity index (χ0v) is 14.2. The van der Waals surface area contributed by atoms with Gasteiger partial charge in [0, 0.05) is 23.6 Å². The quantitative estimate of drug-likeness (QED) is 0.894. The van der Waals surface area contributed by atoms with Crippen LogP contribution in [0.2, 0.25) is 0 Å². The second-order valence-corrected chi connectivity index (χ2v) is 7.06. The molecule has 2 heterocycles. The Hall–Kier alpha value is -2.50. The standard InChI is InChI=1S/C19H22N2O4/c1-25-15-7-3-6-14-17(15)12(9-20-14)8-16(22)21-10-11-4-2-5-13(11)18(21)19(23)24/h3,6-7,9,11,13,18,20H,2,4-5,8,10H2,1H3,(H,23,24). The van der Waals surface area contributed by atoms with Gasteiger partial charge in [0.1, 0.15) is 11.8 Å². The minimum absolute atomic E-state index is 0.110. The molecule has 0 spiro atoms. The molecule has 3 unspecified atom stereocenters. The third-order valence-electron chi connectivity index (χ3n) is 5.77. The lowest BCUT2D eigenvalue weighted by Crippen LogP contribution is -2.43. The molecule has 6 nitrogen and oxygen atoms in total. The van der Waals surface area contributed by atoms with Crippen molar-refractivity contribution in [1.29, 1.82) is 0 Å². The lowest BCUT2D eigenvalue weighted by molar-refractivity contribution is -0.149. The van der Waals surface area contributed by atoms with E-state index in [1.807, 2.05) is 24.4 Å². The Labute approximate surface area is 145 Å². The summed E-state index contributed by atoms with van der Waals surface area (Å²) in [7, 11) is 1.61. The number of rotatable bonds is 4. The number of hydrogen-bond acceptors (Lipinski definition) is 3. The van der Waals surface area contributed by atoms with Crippen molar-refractivity contribution in [2.24, 2.45) is 11.8 Å². The number of carbonyl (C=O) groups excluding carboxylic acids is 1. The van der Waals surface area contributed by atoms with Crippen molar-refractivity contribution in [2.75, 3.05) is 13.7 Å². The molecule has 1 saturated heterocycles. The van der Waals surface area contributed by atoms with Gasteiger partial charge in [-0.25, -0.2) is 4.79 Å². The van der Waals surface area contributed by atoms with Crippen LogP contribution in [-0.4, -0.2) is 46.6 Å². The van der Waals surface area contributed by atoms with E-state index in [0.717, 1.165) is 41.5 Å². The van der Waals surface area contributed by atoms with Crippen LogP contribution >= 0.6 is 0 Å². The van der Waals surface area contributed by atoms with Crippen molar-refractivity contribution in [3.05, 3.63) is 30.0 Å². The number of hydrogen-bond donors (Lipinski definition) is 2. The zero-order chi connectivity index (χ0) is 17.6. The Morgan fingerprint density at radius 1 is 1.36 bits per heavy atom. The minimum Gasteiger partial charge on any atom is -0.496 e. The fraction of sp³-hybridized carbons (Fsp3) is 0.474. The first kappa shape index (κ1) is 16.0. The van der Waals surface area contributed by atoms with E-state index in [1.165, 1.54) is 0 Å². The maximum atomic E-state index is 12.9. The van der Waals surface area contributed by atoms with E-state index >= 15 is 0 Å². The molecule has 1 aromatic heterocycles. The number of nitrogens with one attached hydrogen (secondary N) is 1. The number of carboxylic acids is 1. The van der Waals surface area contributed by atoms with E-state index in [0.29, 0.717) is 12.5 Å². The smallest absolute Gasteiger partial charge is 0.326 e. The molecule has 25 heavy (non-hydrogen) atoms. The first-order valence-electron chi connectivity index (χ1n) is 8.75. The first-order valence-corrected chi connectivity index (χ1v) is 8.75. The van der Waals surface area contributed by atoms with Crippen LogP contribution in [-0.2, 0) is 16.0 Å². The van der Waals surface area contributed by atoms with Gasteiger partial charge in [-0.2, -0.15) is 0 Å². The molecule has 0 bridgehead atoms. The van der Waals surface area contributed by atoms with Gasteiger partial charge in [-0.05, 0) is 42.4 Å². The molecular weight excluding hydrogens is 320 g/mol. The number of nitrogens with zero attached hydrogens (tertiary/aromatic N) is 1. The largest absolute Gasteiger partial charge is 0.496 e. The van der Waals surface area contributed by atoms with Gasteiger partial charge in [0.2, 0.25) is 5.91 Å². The highest BCUT2D eigenvalue weighted by Crippen LogP contribution is 2.42. The SMILES string of the molecule is COc1cccc2[nH]cc(CC(=O)N3CC4CCCC4C3C(=O)O)c12. The first-order chi connectivity index (χ1) is 12.1. The number of fused-ring (bicyclic) bond motifs is 2. The number of aromatic nitrogens is 1.